The van der Waals surface area contributed by atoms with Crippen molar-refractivity contribution in [1.82, 2.24) is 4.90 Å². The number of rotatable bonds is 4. The molecule has 20 heavy (non-hydrogen) atoms. The molecule has 0 aliphatic rings. The van der Waals surface area contributed by atoms with Crippen molar-refractivity contribution in [2.24, 2.45) is 5.92 Å². The van der Waals surface area contributed by atoms with Gasteiger partial charge in [0.15, 0.2) is 0 Å². The van der Waals surface area contributed by atoms with Gasteiger partial charge in [0.25, 0.3) is 5.91 Å². The van der Waals surface area contributed by atoms with Crippen molar-refractivity contribution in [2.75, 3.05) is 19.3 Å². The van der Waals surface area contributed by atoms with Crippen LogP contribution in [0.3, 0.4) is 0 Å². The van der Waals surface area contributed by atoms with E-state index in [1.54, 1.807) is 4.90 Å². The SMILES string of the molecule is Cc1ccc2sc(C(=O)N(C)CCC(C)C)c(N)c2c1. The number of benzene rings is 1. The molecule has 2 N–H and O–H groups in total. The fourth-order valence-electron chi connectivity index (χ4n) is 2.12. The number of hydrogen-bond donors (Lipinski definition) is 1. The van der Waals surface area contributed by atoms with E-state index in [0.717, 1.165) is 28.6 Å². The van der Waals surface area contributed by atoms with Gasteiger partial charge in [0, 0.05) is 23.7 Å². The highest BCUT2D eigenvalue weighted by Crippen LogP contribution is 2.34. The summed E-state index contributed by atoms with van der Waals surface area (Å²) in [4.78, 5) is 14.9. The zero-order valence-corrected chi connectivity index (χ0v) is 13.4. The lowest BCUT2D eigenvalue weighted by Gasteiger charge is -2.17. The van der Waals surface area contributed by atoms with Crippen molar-refractivity contribution < 1.29 is 4.79 Å². The topological polar surface area (TPSA) is 46.3 Å². The number of amides is 1. The minimum atomic E-state index is 0.0296. The highest BCUT2D eigenvalue weighted by molar-refractivity contribution is 7.21. The molecule has 0 saturated heterocycles. The van der Waals surface area contributed by atoms with Gasteiger partial charge in [-0.25, -0.2) is 0 Å². The van der Waals surface area contributed by atoms with Crippen LogP contribution in [0.2, 0.25) is 0 Å². The van der Waals surface area contributed by atoms with Crippen molar-refractivity contribution >= 4 is 33.0 Å². The third kappa shape index (κ3) is 2.96. The molecule has 0 spiro atoms. The summed E-state index contributed by atoms with van der Waals surface area (Å²) < 4.78 is 1.08. The van der Waals surface area contributed by atoms with Gasteiger partial charge in [-0.2, -0.15) is 0 Å². The van der Waals surface area contributed by atoms with Gasteiger partial charge < -0.3 is 10.6 Å². The van der Waals surface area contributed by atoms with Crippen LogP contribution in [0.25, 0.3) is 10.1 Å². The number of aryl methyl sites for hydroxylation is 1. The molecule has 2 aromatic rings. The maximum absolute atomic E-state index is 12.5. The second-order valence-corrected chi connectivity index (χ2v) is 6.81. The number of nitrogens with two attached hydrogens (primary N) is 1. The van der Waals surface area contributed by atoms with Crippen LogP contribution in [0, 0.1) is 12.8 Å². The molecule has 0 radical (unpaired) electrons. The van der Waals surface area contributed by atoms with Crippen LogP contribution < -0.4 is 5.73 Å². The molecule has 4 heteroatoms. The van der Waals surface area contributed by atoms with Gasteiger partial charge in [-0.1, -0.05) is 25.5 Å². The molecule has 0 aliphatic heterocycles. The molecule has 0 bridgehead atoms. The predicted octanol–water partition coefficient (Wildman–Crippen LogP) is 3.91. The Balaban J connectivity index is 2.28. The molecule has 2 rings (SSSR count). The largest absolute Gasteiger partial charge is 0.397 e. The Hall–Kier alpha value is -1.55. The van der Waals surface area contributed by atoms with E-state index in [1.807, 2.05) is 26.1 Å². The third-order valence-corrected chi connectivity index (χ3v) is 4.64. The third-order valence-electron chi connectivity index (χ3n) is 3.46. The minimum Gasteiger partial charge on any atom is -0.397 e. The molecule has 0 saturated carbocycles. The zero-order chi connectivity index (χ0) is 14.9. The quantitative estimate of drug-likeness (QED) is 0.928. The average Bonchev–Trinajstić information content (AvgIpc) is 2.72. The van der Waals surface area contributed by atoms with Crippen molar-refractivity contribution in [2.45, 2.75) is 27.2 Å². The van der Waals surface area contributed by atoms with Gasteiger partial charge in [0.1, 0.15) is 4.88 Å². The Morgan fingerprint density at radius 1 is 1.40 bits per heavy atom. The number of thiophene rings is 1. The summed E-state index contributed by atoms with van der Waals surface area (Å²) in [5, 5.41) is 0.996. The average molecular weight is 290 g/mol. The number of anilines is 1. The first-order chi connectivity index (χ1) is 9.40. The lowest BCUT2D eigenvalue weighted by molar-refractivity contribution is 0.0795. The summed E-state index contributed by atoms with van der Waals surface area (Å²) in [5.41, 5.74) is 7.95. The highest BCUT2D eigenvalue weighted by Gasteiger charge is 2.19. The van der Waals surface area contributed by atoms with Gasteiger partial charge in [-0.3, -0.25) is 4.79 Å². The highest BCUT2D eigenvalue weighted by atomic mass is 32.1. The summed E-state index contributed by atoms with van der Waals surface area (Å²) in [5.74, 6) is 0.620. The number of nitrogens with zero attached hydrogens (tertiary/aromatic N) is 1. The molecule has 1 aromatic carbocycles. The fraction of sp³-hybridized carbons (Fsp3) is 0.438. The van der Waals surface area contributed by atoms with Crippen molar-refractivity contribution in [3.05, 3.63) is 28.6 Å². The molecule has 3 nitrogen and oxygen atoms in total. The lowest BCUT2D eigenvalue weighted by Crippen LogP contribution is -2.28. The van der Waals surface area contributed by atoms with E-state index in [4.69, 9.17) is 5.73 Å². The van der Waals surface area contributed by atoms with Crippen molar-refractivity contribution in [3.8, 4) is 0 Å². The van der Waals surface area contributed by atoms with Crippen LogP contribution in [-0.4, -0.2) is 24.4 Å². The molecular weight excluding hydrogens is 268 g/mol. The van der Waals surface area contributed by atoms with Crippen LogP contribution in [0.15, 0.2) is 18.2 Å². The summed E-state index contributed by atoms with van der Waals surface area (Å²) in [7, 11) is 1.85. The summed E-state index contributed by atoms with van der Waals surface area (Å²) in [6.45, 7) is 7.12. The Morgan fingerprint density at radius 3 is 2.75 bits per heavy atom. The monoisotopic (exact) mass is 290 g/mol. The smallest absolute Gasteiger partial charge is 0.265 e. The lowest BCUT2D eigenvalue weighted by atomic mass is 10.1. The Labute approximate surface area is 124 Å². The number of nitrogen functional groups attached to an aromatic ring is 1. The van der Waals surface area contributed by atoms with Crippen molar-refractivity contribution in [1.29, 1.82) is 0 Å². The van der Waals surface area contributed by atoms with Crippen LogP contribution >= 0.6 is 11.3 Å². The van der Waals surface area contributed by atoms with Crippen LogP contribution in [0.5, 0.6) is 0 Å². The van der Waals surface area contributed by atoms with E-state index in [0.29, 0.717) is 16.5 Å². The van der Waals surface area contributed by atoms with Gasteiger partial charge in [-0.15, -0.1) is 11.3 Å². The molecule has 1 aromatic heterocycles. The first kappa shape index (κ1) is 14.9. The molecule has 108 valence electrons. The first-order valence-electron chi connectivity index (χ1n) is 6.94. The second-order valence-electron chi connectivity index (χ2n) is 5.75. The number of carbonyl (C=O) groups is 1. The summed E-state index contributed by atoms with van der Waals surface area (Å²) >= 11 is 1.49. The molecule has 0 aliphatic carbocycles. The standard InChI is InChI=1S/C16H22N2OS/c1-10(2)7-8-18(4)16(19)15-14(17)12-9-11(3)5-6-13(12)20-15/h5-6,9-10H,7-8,17H2,1-4H3. The van der Waals surface area contributed by atoms with Crippen LogP contribution in [-0.2, 0) is 0 Å². The molecule has 0 atom stereocenters. The van der Waals surface area contributed by atoms with Crippen LogP contribution in [0.1, 0.15) is 35.5 Å². The van der Waals surface area contributed by atoms with E-state index in [2.05, 4.69) is 19.9 Å². The second kappa shape index (κ2) is 5.83. The van der Waals surface area contributed by atoms with E-state index in [1.165, 1.54) is 11.3 Å². The Kier molecular flexibility index (Phi) is 4.33. The summed E-state index contributed by atoms with van der Waals surface area (Å²) in [6.07, 6.45) is 1.01. The van der Waals surface area contributed by atoms with Gasteiger partial charge in [0.05, 0.1) is 5.69 Å². The minimum absolute atomic E-state index is 0.0296. The number of fused-ring (bicyclic) bond motifs is 1. The predicted molar refractivity (Wildman–Crippen MR) is 87.4 cm³/mol. The first-order valence-corrected chi connectivity index (χ1v) is 7.76. The molecule has 1 heterocycles. The molecule has 1 amide bonds. The molecular formula is C16H22N2OS. The Morgan fingerprint density at radius 2 is 2.10 bits per heavy atom. The number of hydrogen-bond acceptors (Lipinski definition) is 3. The normalized spacial score (nSPS) is 11.2. The Bertz CT molecular complexity index is 631. The van der Waals surface area contributed by atoms with E-state index >= 15 is 0 Å². The maximum Gasteiger partial charge on any atom is 0.265 e. The van der Waals surface area contributed by atoms with Gasteiger partial charge in [0.2, 0.25) is 0 Å². The van der Waals surface area contributed by atoms with Crippen LogP contribution in [0.4, 0.5) is 5.69 Å². The fourth-order valence-corrected chi connectivity index (χ4v) is 3.21. The van der Waals surface area contributed by atoms with Crippen molar-refractivity contribution in [3.63, 3.8) is 0 Å². The van der Waals surface area contributed by atoms with E-state index in [-0.39, 0.29) is 5.91 Å². The maximum atomic E-state index is 12.5. The van der Waals surface area contributed by atoms with E-state index in [9.17, 15) is 4.79 Å². The number of carbonyl (C=O) groups excluding carboxylic acids is 1. The van der Waals surface area contributed by atoms with Gasteiger partial charge in [-0.05, 0) is 31.4 Å². The van der Waals surface area contributed by atoms with Gasteiger partial charge >= 0.3 is 0 Å². The molecule has 0 unspecified atom stereocenters. The summed E-state index contributed by atoms with van der Waals surface area (Å²) in [6, 6.07) is 6.14. The zero-order valence-electron chi connectivity index (χ0n) is 12.6. The molecule has 0 fully saturated rings. The van der Waals surface area contributed by atoms with E-state index < -0.39 is 0 Å².